The summed E-state index contributed by atoms with van der Waals surface area (Å²) >= 11 is 6.16. The van der Waals surface area contributed by atoms with Gasteiger partial charge in [-0.25, -0.2) is 4.99 Å². The Labute approximate surface area is 183 Å². The van der Waals surface area contributed by atoms with Gasteiger partial charge in [0, 0.05) is 11.3 Å². The van der Waals surface area contributed by atoms with Crippen molar-refractivity contribution in [3.63, 3.8) is 0 Å². The van der Waals surface area contributed by atoms with E-state index in [-0.39, 0.29) is 11.9 Å². The van der Waals surface area contributed by atoms with Gasteiger partial charge in [-0.1, -0.05) is 53.9 Å². The first-order valence-electron chi connectivity index (χ1n) is 10.2. The Balaban J connectivity index is 1.74. The number of nitrogens with one attached hydrogen (secondary N) is 2. The van der Waals surface area contributed by atoms with Crippen molar-refractivity contribution in [2.75, 3.05) is 5.32 Å². The van der Waals surface area contributed by atoms with Crippen LogP contribution in [-0.4, -0.2) is 11.1 Å². The number of amides is 1. The number of carbonyl (C=O) groups is 1. The van der Waals surface area contributed by atoms with E-state index in [9.17, 15) is 4.79 Å². The highest BCUT2D eigenvalue weighted by Gasteiger charge is 2.12. The molecule has 0 spiro atoms. The van der Waals surface area contributed by atoms with Crippen LogP contribution in [0.4, 0.5) is 5.69 Å². The SMILES string of the molecule is Cc1cc(C)cc(C(=O)Nc2cccc([C@H](C)NC3=CC(C)C/C=C/C(Cl)=N3)c2)c1. The van der Waals surface area contributed by atoms with Crippen LogP contribution in [0.3, 0.4) is 0 Å². The molecule has 0 bridgehead atoms. The Kier molecular flexibility index (Phi) is 7.11. The predicted octanol–water partition coefficient (Wildman–Crippen LogP) is 6.28. The van der Waals surface area contributed by atoms with Crippen molar-refractivity contribution in [1.29, 1.82) is 0 Å². The second-order valence-corrected chi connectivity index (χ2v) is 8.31. The summed E-state index contributed by atoms with van der Waals surface area (Å²) in [6.45, 7) is 8.20. The first kappa shape index (κ1) is 21.8. The maximum atomic E-state index is 12.7. The minimum absolute atomic E-state index is 0.00172. The van der Waals surface area contributed by atoms with Crippen LogP contribution in [0.2, 0.25) is 0 Å². The molecule has 30 heavy (non-hydrogen) atoms. The van der Waals surface area contributed by atoms with E-state index in [0.717, 1.165) is 34.6 Å². The van der Waals surface area contributed by atoms with E-state index in [2.05, 4.69) is 41.6 Å². The van der Waals surface area contributed by atoms with Crippen LogP contribution in [0.25, 0.3) is 0 Å². The highest BCUT2D eigenvalue weighted by Crippen LogP contribution is 2.21. The molecular formula is C25H28ClN3O. The summed E-state index contributed by atoms with van der Waals surface area (Å²) < 4.78 is 0. The Morgan fingerprint density at radius 3 is 2.63 bits per heavy atom. The molecule has 3 rings (SSSR count). The van der Waals surface area contributed by atoms with Crippen molar-refractivity contribution in [1.82, 2.24) is 5.32 Å². The van der Waals surface area contributed by atoms with Gasteiger partial charge in [0.15, 0.2) is 0 Å². The molecule has 0 saturated heterocycles. The smallest absolute Gasteiger partial charge is 0.255 e. The zero-order valence-corrected chi connectivity index (χ0v) is 18.6. The Hall–Kier alpha value is -2.85. The van der Waals surface area contributed by atoms with E-state index in [4.69, 9.17) is 11.6 Å². The van der Waals surface area contributed by atoms with Crippen molar-refractivity contribution in [3.8, 4) is 0 Å². The number of hydrogen-bond donors (Lipinski definition) is 2. The van der Waals surface area contributed by atoms with Gasteiger partial charge in [-0.05, 0) is 75.1 Å². The minimum atomic E-state index is -0.112. The van der Waals surface area contributed by atoms with E-state index >= 15 is 0 Å². The molecule has 1 unspecified atom stereocenters. The summed E-state index contributed by atoms with van der Waals surface area (Å²) in [5.74, 6) is 1.01. The zero-order chi connectivity index (χ0) is 21.7. The summed E-state index contributed by atoms with van der Waals surface area (Å²) in [5.41, 5.74) is 4.61. The molecule has 2 N–H and O–H groups in total. The van der Waals surface area contributed by atoms with Crippen molar-refractivity contribution >= 4 is 28.4 Å². The molecule has 4 nitrogen and oxygen atoms in total. The van der Waals surface area contributed by atoms with Crippen molar-refractivity contribution in [2.24, 2.45) is 10.9 Å². The topological polar surface area (TPSA) is 53.5 Å². The van der Waals surface area contributed by atoms with E-state index in [1.165, 1.54) is 0 Å². The summed E-state index contributed by atoms with van der Waals surface area (Å²) in [5, 5.41) is 6.90. The number of halogens is 1. The summed E-state index contributed by atoms with van der Waals surface area (Å²) in [7, 11) is 0. The van der Waals surface area contributed by atoms with Gasteiger partial charge in [-0.15, -0.1) is 0 Å². The second-order valence-electron chi connectivity index (χ2n) is 7.92. The van der Waals surface area contributed by atoms with E-state index in [1.54, 1.807) is 0 Å². The van der Waals surface area contributed by atoms with Crippen LogP contribution in [0.5, 0.6) is 0 Å². The van der Waals surface area contributed by atoms with Gasteiger partial charge in [-0.3, -0.25) is 4.79 Å². The molecule has 0 fully saturated rings. The number of anilines is 1. The highest BCUT2D eigenvalue weighted by molar-refractivity contribution is 6.68. The van der Waals surface area contributed by atoms with E-state index < -0.39 is 0 Å². The Bertz CT molecular complexity index is 1000. The molecule has 1 amide bonds. The maximum Gasteiger partial charge on any atom is 0.255 e. The van der Waals surface area contributed by atoms with Crippen LogP contribution in [0.15, 0.2) is 71.5 Å². The molecule has 0 saturated carbocycles. The average Bonchev–Trinajstić information content (AvgIpc) is 2.66. The third kappa shape index (κ3) is 6.07. The van der Waals surface area contributed by atoms with Crippen LogP contribution in [0, 0.1) is 19.8 Å². The fourth-order valence-corrected chi connectivity index (χ4v) is 3.67. The van der Waals surface area contributed by atoms with E-state index in [0.29, 0.717) is 16.7 Å². The third-order valence-electron chi connectivity index (χ3n) is 4.93. The number of hydrogen-bond acceptors (Lipinski definition) is 3. The lowest BCUT2D eigenvalue weighted by Gasteiger charge is -2.19. The standard InChI is InChI=1S/C25H28ClN3O/c1-16-7-5-10-23(26)29-24(14-16)27-19(4)20-8-6-9-22(15-20)28-25(30)21-12-17(2)11-18(3)13-21/h5-6,8-16,19,27H,7H2,1-4H3,(H,28,30)/b10-5+,24-14?,29-23?/t16?,19-/m0/s1. The molecule has 0 radical (unpaired) electrons. The minimum Gasteiger partial charge on any atom is -0.364 e. The molecule has 1 heterocycles. The third-order valence-corrected chi connectivity index (χ3v) is 5.14. The number of carbonyl (C=O) groups excluding carboxylic acids is 1. The molecule has 2 aromatic rings. The fraction of sp³-hybridized carbons (Fsp3) is 0.280. The predicted molar refractivity (Wildman–Crippen MR) is 126 cm³/mol. The number of rotatable bonds is 5. The molecule has 5 heteroatoms. The lowest BCUT2D eigenvalue weighted by atomic mass is 10.0. The van der Waals surface area contributed by atoms with Crippen LogP contribution in [-0.2, 0) is 0 Å². The maximum absolute atomic E-state index is 12.7. The summed E-state index contributed by atoms with van der Waals surface area (Å²) in [4.78, 5) is 17.1. The van der Waals surface area contributed by atoms with Gasteiger partial charge >= 0.3 is 0 Å². The average molecular weight is 422 g/mol. The van der Waals surface area contributed by atoms with Crippen LogP contribution < -0.4 is 10.6 Å². The second kappa shape index (κ2) is 9.77. The molecule has 0 aromatic heterocycles. The molecular weight excluding hydrogens is 394 g/mol. The molecule has 1 aliphatic heterocycles. The Morgan fingerprint density at radius 1 is 1.17 bits per heavy atom. The van der Waals surface area contributed by atoms with Gasteiger partial charge < -0.3 is 10.6 Å². The first-order chi connectivity index (χ1) is 14.3. The Morgan fingerprint density at radius 2 is 1.90 bits per heavy atom. The largest absolute Gasteiger partial charge is 0.364 e. The normalized spacial score (nSPS) is 18.4. The number of nitrogens with zero attached hydrogens (tertiary/aromatic N) is 1. The van der Waals surface area contributed by atoms with Gasteiger partial charge in [-0.2, -0.15) is 0 Å². The van der Waals surface area contributed by atoms with E-state index in [1.807, 2.05) is 62.4 Å². The first-order valence-corrected chi connectivity index (χ1v) is 10.6. The molecule has 2 aromatic carbocycles. The lowest BCUT2D eigenvalue weighted by Crippen LogP contribution is -2.19. The van der Waals surface area contributed by atoms with Gasteiger partial charge in [0.05, 0.1) is 6.04 Å². The van der Waals surface area contributed by atoms with Crippen LogP contribution in [0.1, 0.15) is 53.4 Å². The van der Waals surface area contributed by atoms with Crippen LogP contribution >= 0.6 is 11.6 Å². The molecule has 156 valence electrons. The zero-order valence-electron chi connectivity index (χ0n) is 17.9. The van der Waals surface area contributed by atoms with Gasteiger partial charge in [0.2, 0.25) is 0 Å². The monoisotopic (exact) mass is 421 g/mol. The molecule has 1 aliphatic rings. The quantitative estimate of drug-likeness (QED) is 0.596. The van der Waals surface area contributed by atoms with Crippen molar-refractivity contribution in [3.05, 3.63) is 88.8 Å². The van der Waals surface area contributed by atoms with Crippen molar-refractivity contribution in [2.45, 2.75) is 40.2 Å². The number of allylic oxidation sites excluding steroid dienone is 3. The highest BCUT2D eigenvalue weighted by atomic mass is 35.5. The number of benzene rings is 2. The van der Waals surface area contributed by atoms with Gasteiger partial charge in [0.25, 0.3) is 5.91 Å². The lowest BCUT2D eigenvalue weighted by molar-refractivity contribution is 0.102. The number of aliphatic imine (C=N–C) groups is 1. The summed E-state index contributed by atoms with van der Waals surface area (Å²) in [6.07, 6.45) is 6.88. The fourth-order valence-electron chi connectivity index (χ4n) is 3.49. The van der Waals surface area contributed by atoms with Gasteiger partial charge in [0.1, 0.15) is 11.0 Å². The molecule has 2 atom stereocenters. The molecule has 0 aliphatic carbocycles. The summed E-state index contributed by atoms with van der Waals surface area (Å²) in [6, 6.07) is 13.7. The number of aryl methyl sites for hydroxylation is 2. The van der Waals surface area contributed by atoms with Crippen molar-refractivity contribution < 1.29 is 4.79 Å².